The number of hydrogen-bond acceptors (Lipinski definition) is 4. The Kier molecular flexibility index (Phi) is 4.99. The molecule has 0 saturated carbocycles. The molecule has 1 aromatic rings. The second-order valence-electron chi connectivity index (χ2n) is 3.21. The van der Waals surface area contributed by atoms with Crippen LogP contribution in [-0.2, 0) is 4.74 Å². The number of esters is 1. The third kappa shape index (κ3) is 4.27. The molecule has 0 aliphatic heterocycles. The predicted octanol–water partition coefficient (Wildman–Crippen LogP) is 3.24. The van der Waals surface area contributed by atoms with Crippen LogP contribution in [0.1, 0.15) is 22.8 Å². The maximum atomic E-state index is 12.1. The minimum Gasteiger partial charge on any atom is -0.462 e. The number of hydrogen-bond donors (Lipinski definition) is 0. The number of rotatable bonds is 3. The lowest BCUT2D eigenvalue weighted by atomic mass is 10.1. The van der Waals surface area contributed by atoms with Crippen LogP contribution in [0.15, 0.2) is 12.1 Å². The first-order valence-electron chi connectivity index (χ1n) is 4.95. The van der Waals surface area contributed by atoms with Gasteiger partial charge in [-0.2, -0.15) is 5.26 Å². The molecule has 19 heavy (non-hydrogen) atoms. The lowest BCUT2D eigenvalue weighted by molar-refractivity contribution is -0.274. The first-order chi connectivity index (χ1) is 8.78. The molecule has 102 valence electrons. The van der Waals surface area contributed by atoms with Crippen LogP contribution in [0.5, 0.6) is 5.75 Å². The zero-order valence-corrected chi connectivity index (χ0v) is 11.7. The van der Waals surface area contributed by atoms with Crippen molar-refractivity contribution in [1.82, 2.24) is 0 Å². The molecule has 4 nitrogen and oxygen atoms in total. The van der Waals surface area contributed by atoms with Gasteiger partial charge < -0.3 is 9.47 Å². The minimum absolute atomic E-state index is 0.0528. The molecule has 0 amide bonds. The molecule has 0 fully saturated rings. The van der Waals surface area contributed by atoms with Gasteiger partial charge in [0.1, 0.15) is 11.8 Å². The number of ether oxygens (including phenoxy) is 2. The number of carbonyl (C=O) groups is 1. The second kappa shape index (κ2) is 6.10. The minimum atomic E-state index is -4.86. The highest BCUT2D eigenvalue weighted by Crippen LogP contribution is 2.30. The van der Waals surface area contributed by atoms with E-state index in [9.17, 15) is 18.0 Å². The molecule has 0 unspecified atom stereocenters. The Bertz CT molecular complexity index is 537. The van der Waals surface area contributed by atoms with Gasteiger partial charge in [0.05, 0.1) is 21.3 Å². The molecule has 8 heteroatoms. The van der Waals surface area contributed by atoms with Gasteiger partial charge >= 0.3 is 12.3 Å². The molecule has 0 aliphatic rings. The lowest BCUT2D eigenvalue weighted by Gasteiger charge is -2.12. The number of nitrogens with zero attached hydrogens (tertiary/aromatic N) is 1. The van der Waals surface area contributed by atoms with Crippen molar-refractivity contribution < 1.29 is 27.4 Å². The summed E-state index contributed by atoms with van der Waals surface area (Å²) in [4.78, 5) is 11.5. The maximum Gasteiger partial charge on any atom is 0.573 e. The number of benzene rings is 1. The summed E-state index contributed by atoms with van der Waals surface area (Å²) in [6.07, 6.45) is -4.86. The van der Waals surface area contributed by atoms with Gasteiger partial charge in [0.15, 0.2) is 0 Å². The van der Waals surface area contributed by atoms with Crippen LogP contribution in [0.4, 0.5) is 13.2 Å². The predicted molar refractivity (Wildman–Crippen MR) is 66.5 cm³/mol. The quantitative estimate of drug-likeness (QED) is 0.592. The van der Waals surface area contributed by atoms with Gasteiger partial charge in [-0.1, -0.05) is 0 Å². The Morgan fingerprint density at radius 1 is 1.47 bits per heavy atom. The Morgan fingerprint density at radius 2 is 2.11 bits per heavy atom. The van der Waals surface area contributed by atoms with Gasteiger partial charge in [-0.05, 0) is 35.6 Å². The summed E-state index contributed by atoms with van der Waals surface area (Å²) in [6.45, 7) is 1.68. The maximum absolute atomic E-state index is 12.1. The molecule has 0 atom stereocenters. The third-order valence-corrected chi connectivity index (χ3v) is 2.76. The zero-order valence-electron chi connectivity index (χ0n) is 9.55. The van der Waals surface area contributed by atoms with Crippen LogP contribution in [0.3, 0.4) is 0 Å². The Labute approximate surface area is 120 Å². The van der Waals surface area contributed by atoms with Crippen molar-refractivity contribution in [3.05, 3.63) is 26.8 Å². The SMILES string of the molecule is CCOC(=O)c1cc(I)c(OC(F)(F)F)cc1C#N. The van der Waals surface area contributed by atoms with Crippen molar-refractivity contribution in [3.8, 4) is 11.8 Å². The molecule has 0 N–H and O–H groups in total. The van der Waals surface area contributed by atoms with Crippen LogP contribution >= 0.6 is 22.6 Å². The highest BCUT2D eigenvalue weighted by Gasteiger charge is 2.32. The van der Waals surface area contributed by atoms with E-state index >= 15 is 0 Å². The molecule has 0 saturated heterocycles. The number of halogens is 4. The Balaban J connectivity index is 3.22. The van der Waals surface area contributed by atoms with Crippen LogP contribution in [-0.4, -0.2) is 18.9 Å². The van der Waals surface area contributed by atoms with E-state index in [2.05, 4.69) is 4.74 Å². The molecular weight excluding hydrogens is 378 g/mol. The molecule has 0 heterocycles. The highest BCUT2D eigenvalue weighted by atomic mass is 127. The highest BCUT2D eigenvalue weighted by molar-refractivity contribution is 14.1. The van der Waals surface area contributed by atoms with Crippen molar-refractivity contribution >= 4 is 28.6 Å². The first kappa shape index (κ1) is 15.6. The molecular formula is C11H7F3INO3. The zero-order chi connectivity index (χ0) is 14.6. The fourth-order valence-corrected chi connectivity index (χ4v) is 1.80. The van der Waals surface area contributed by atoms with E-state index in [0.29, 0.717) is 0 Å². The fraction of sp³-hybridized carbons (Fsp3) is 0.273. The molecule has 0 radical (unpaired) electrons. The topological polar surface area (TPSA) is 59.3 Å². The van der Waals surface area contributed by atoms with Gasteiger partial charge in [0.25, 0.3) is 0 Å². The van der Waals surface area contributed by atoms with E-state index < -0.39 is 18.1 Å². The standard InChI is InChI=1S/C11H7F3INO3/c1-2-18-10(17)7-4-8(15)9(3-6(7)5-16)19-11(12,13)14/h3-4H,2H2,1H3. The van der Waals surface area contributed by atoms with Gasteiger partial charge in [0.2, 0.25) is 0 Å². The smallest absolute Gasteiger partial charge is 0.462 e. The van der Waals surface area contributed by atoms with Crippen molar-refractivity contribution in [2.24, 2.45) is 0 Å². The van der Waals surface area contributed by atoms with Crippen LogP contribution in [0, 0.1) is 14.9 Å². The van der Waals surface area contributed by atoms with E-state index in [0.717, 1.165) is 12.1 Å². The summed E-state index contributed by atoms with van der Waals surface area (Å²) in [7, 11) is 0. The van der Waals surface area contributed by atoms with Crippen LogP contribution in [0.25, 0.3) is 0 Å². The average molecular weight is 385 g/mol. The van der Waals surface area contributed by atoms with Crippen molar-refractivity contribution in [1.29, 1.82) is 5.26 Å². The lowest BCUT2D eigenvalue weighted by Crippen LogP contribution is -2.18. The molecule has 1 aromatic carbocycles. The van der Waals surface area contributed by atoms with E-state index in [4.69, 9.17) is 10.00 Å². The first-order valence-corrected chi connectivity index (χ1v) is 6.03. The number of alkyl halides is 3. The molecule has 1 rings (SSSR count). The summed E-state index contributed by atoms with van der Waals surface area (Å²) in [5, 5.41) is 8.85. The summed E-state index contributed by atoms with van der Waals surface area (Å²) < 4.78 is 44.9. The summed E-state index contributed by atoms with van der Waals surface area (Å²) in [6, 6.07) is 3.62. The van der Waals surface area contributed by atoms with Crippen molar-refractivity contribution in [3.63, 3.8) is 0 Å². The second-order valence-corrected chi connectivity index (χ2v) is 4.37. The van der Waals surface area contributed by atoms with E-state index in [1.54, 1.807) is 35.6 Å². The van der Waals surface area contributed by atoms with Crippen molar-refractivity contribution in [2.45, 2.75) is 13.3 Å². The van der Waals surface area contributed by atoms with Crippen molar-refractivity contribution in [2.75, 3.05) is 6.61 Å². The van der Waals surface area contributed by atoms with Gasteiger partial charge in [-0.25, -0.2) is 4.79 Å². The van der Waals surface area contributed by atoms with Crippen LogP contribution in [0.2, 0.25) is 0 Å². The Hall–Kier alpha value is -1.50. The Morgan fingerprint density at radius 3 is 2.58 bits per heavy atom. The van der Waals surface area contributed by atoms with E-state index in [1.807, 2.05) is 0 Å². The van der Waals surface area contributed by atoms with E-state index in [1.165, 1.54) is 0 Å². The monoisotopic (exact) mass is 385 g/mol. The van der Waals surface area contributed by atoms with Crippen LogP contribution < -0.4 is 4.74 Å². The molecule has 0 spiro atoms. The average Bonchev–Trinajstić information content (AvgIpc) is 2.29. The third-order valence-electron chi connectivity index (χ3n) is 1.91. The van der Waals surface area contributed by atoms with Gasteiger partial charge in [0, 0.05) is 6.07 Å². The normalized spacial score (nSPS) is 10.7. The molecule has 0 aliphatic carbocycles. The van der Waals surface area contributed by atoms with E-state index in [-0.39, 0.29) is 21.3 Å². The molecule has 0 aromatic heterocycles. The molecule has 0 bridgehead atoms. The summed E-state index contributed by atoms with van der Waals surface area (Å²) >= 11 is 1.58. The van der Waals surface area contributed by atoms with Gasteiger partial charge in [-0.3, -0.25) is 0 Å². The fourth-order valence-electron chi connectivity index (χ4n) is 1.23. The largest absolute Gasteiger partial charge is 0.573 e. The summed E-state index contributed by atoms with van der Waals surface area (Å²) in [5.74, 6) is -1.30. The van der Waals surface area contributed by atoms with Gasteiger partial charge in [-0.15, -0.1) is 13.2 Å². The number of nitriles is 1. The number of carbonyl (C=O) groups excluding carboxylic acids is 1. The summed E-state index contributed by atoms with van der Waals surface area (Å²) in [5.41, 5.74) is -0.332.